The zero-order valence-corrected chi connectivity index (χ0v) is 17.9. The van der Waals surface area contributed by atoms with Gasteiger partial charge >= 0.3 is 0 Å². The first-order valence-electron chi connectivity index (χ1n) is 9.22. The largest absolute Gasteiger partial charge is 0.486 e. The fourth-order valence-corrected chi connectivity index (χ4v) is 4.38. The molecule has 1 N–H and O–H groups in total. The SMILES string of the molecule is Cc1[nH]nc(N2CC=Cc3cc(S(=O)(=O)C(C)(C)C)c(OCC(F)F)cc32)c1C. The fraction of sp³-hybridized carbons (Fsp3) is 0.450. The number of sulfone groups is 1. The Labute approximate surface area is 169 Å². The van der Waals surface area contributed by atoms with Crippen LogP contribution < -0.4 is 9.64 Å². The highest BCUT2D eigenvalue weighted by atomic mass is 32.2. The maximum Gasteiger partial charge on any atom is 0.272 e. The van der Waals surface area contributed by atoms with Crippen LogP contribution in [-0.4, -0.2) is 42.9 Å². The average molecular weight is 426 g/mol. The molecule has 1 aromatic carbocycles. The molecule has 0 saturated carbocycles. The van der Waals surface area contributed by atoms with E-state index in [2.05, 4.69) is 10.2 Å². The molecule has 29 heavy (non-hydrogen) atoms. The Morgan fingerprint density at radius 3 is 2.52 bits per heavy atom. The number of halogens is 2. The fourth-order valence-electron chi connectivity index (χ4n) is 3.06. The molecule has 1 aromatic heterocycles. The summed E-state index contributed by atoms with van der Waals surface area (Å²) in [7, 11) is -3.82. The number of ether oxygens (including phenoxy) is 1. The molecule has 158 valence electrons. The van der Waals surface area contributed by atoms with Gasteiger partial charge in [-0.05, 0) is 46.2 Å². The normalized spacial score (nSPS) is 14.4. The van der Waals surface area contributed by atoms with E-state index in [1.165, 1.54) is 12.1 Å². The summed E-state index contributed by atoms with van der Waals surface area (Å²) >= 11 is 0. The molecule has 2 heterocycles. The molecule has 3 rings (SSSR count). The van der Waals surface area contributed by atoms with E-state index in [9.17, 15) is 17.2 Å². The van der Waals surface area contributed by atoms with Gasteiger partial charge in [0.25, 0.3) is 6.43 Å². The van der Waals surface area contributed by atoms with Gasteiger partial charge < -0.3 is 9.64 Å². The molecule has 1 aliphatic rings. The van der Waals surface area contributed by atoms with E-state index in [1.54, 1.807) is 20.8 Å². The van der Waals surface area contributed by atoms with Gasteiger partial charge in [-0.3, -0.25) is 5.10 Å². The maximum atomic E-state index is 13.1. The number of rotatable bonds is 5. The molecule has 0 fully saturated rings. The Balaban J connectivity index is 2.19. The van der Waals surface area contributed by atoms with E-state index in [-0.39, 0.29) is 10.6 Å². The quantitative estimate of drug-likeness (QED) is 0.768. The van der Waals surface area contributed by atoms with Crippen LogP contribution in [0.25, 0.3) is 6.08 Å². The number of aryl methyl sites for hydroxylation is 1. The highest BCUT2D eigenvalue weighted by Gasteiger charge is 2.35. The molecule has 0 unspecified atom stereocenters. The van der Waals surface area contributed by atoms with Crippen molar-refractivity contribution in [2.24, 2.45) is 0 Å². The minimum Gasteiger partial charge on any atom is -0.486 e. The molecule has 0 atom stereocenters. The summed E-state index contributed by atoms with van der Waals surface area (Å²) in [6.07, 6.45) is 1.00. The van der Waals surface area contributed by atoms with Gasteiger partial charge in [-0.25, -0.2) is 17.2 Å². The number of aromatic amines is 1. The van der Waals surface area contributed by atoms with E-state index in [0.29, 0.717) is 23.6 Å². The van der Waals surface area contributed by atoms with Crippen molar-refractivity contribution in [3.63, 3.8) is 0 Å². The molecular weight excluding hydrogens is 400 g/mol. The lowest BCUT2D eigenvalue weighted by molar-refractivity contribution is 0.0804. The molecule has 0 saturated heterocycles. The molecule has 9 heteroatoms. The Bertz CT molecular complexity index is 1050. The molecule has 0 aliphatic carbocycles. The van der Waals surface area contributed by atoms with Gasteiger partial charge in [0.2, 0.25) is 0 Å². The van der Waals surface area contributed by atoms with Crippen molar-refractivity contribution in [2.45, 2.75) is 50.7 Å². The predicted molar refractivity (Wildman–Crippen MR) is 109 cm³/mol. The second-order valence-electron chi connectivity index (χ2n) is 7.99. The van der Waals surface area contributed by atoms with Crippen LogP contribution >= 0.6 is 0 Å². The van der Waals surface area contributed by atoms with E-state index in [4.69, 9.17) is 4.74 Å². The molecule has 6 nitrogen and oxygen atoms in total. The van der Waals surface area contributed by atoms with Crippen LogP contribution in [0.2, 0.25) is 0 Å². The van der Waals surface area contributed by atoms with Gasteiger partial charge in [-0.1, -0.05) is 12.2 Å². The van der Waals surface area contributed by atoms with Crippen molar-refractivity contribution in [3.8, 4) is 5.75 Å². The zero-order valence-electron chi connectivity index (χ0n) is 17.1. The number of aromatic nitrogens is 2. The molecule has 2 aromatic rings. The standard InChI is InChI=1S/C20H25F2N3O3S/c1-12-13(2)23-24-19(12)25-8-6-7-14-9-17(29(26,27)20(3,4)5)16(10-15(14)25)28-11-18(21)22/h6-7,9-10,18H,8,11H2,1-5H3,(H,23,24). The van der Waals surface area contributed by atoms with Crippen molar-refractivity contribution in [1.82, 2.24) is 10.2 Å². The van der Waals surface area contributed by atoms with Crippen molar-refractivity contribution in [3.05, 3.63) is 35.0 Å². The number of benzene rings is 1. The number of hydrogen-bond donors (Lipinski definition) is 1. The predicted octanol–water partition coefficient (Wildman–Crippen LogP) is 4.41. The minimum absolute atomic E-state index is 0.0795. The van der Waals surface area contributed by atoms with Gasteiger partial charge in [0, 0.05) is 23.9 Å². The highest BCUT2D eigenvalue weighted by molar-refractivity contribution is 7.92. The van der Waals surface area contributed by atoms with Gasteiger partial charge in [0.05, 0.1) is 10.4 Å². The lowest BCUT2D eigenvalue weighted by Gasteiger charge is -2.29. The first kappa shape index (κ1) is 21.3. The molecule has 0 radical (unpaired) electrons. The Kier molecular flexibility index (Phi) is 5.46. The third-order valence-corrected chi connectivity index (χ3v) is 7.42. The van der Waals surface area contributed by atoms with E-state index in [0.717, 1.165) is 11.3 Å². The molecule has 0 amide bonds. The van der Waals surface area contributed by atoms with Crippen LogP contribution in [0.3, 0.4) is 0 Å². The van der Waals surface area contributed by atoms with Gasteiger partial charge in [0.15, 0.2) is 15.7 Å². The summed E-state index contributed by atoms with van der Waals surface area (Å²) in [6.45, 7) is 8.16. The number of anilines is 2. The first-order valence-corrected chi connectivity index (χ1v) is 10.7. The van der Waals surface area contributed by atoms with Crippen LogP contribution in [0.4, 0.5) is 20.3 Å². The maximum absolute atomic E-state index is 13.1. The number of nitrogens with one attached hydrogen (secondary N) is 1. The lowest BCUT2D eigenvalue weighted by atomic mass is 10.1. The van der Waals surface area contributed by atoms with Crippen LogP contribution in [0.1, 0.15) is 37.6 Å². The molecule has 1 aliphatic heterocycles. The molecule has 0 bridgehead atoms. The third-order valence-electron chi connectivity index (χ3n) is 4.91. The van der Waals surface area contributed by atoms with Gasteiger partial charge in [0.1, 0.15) is 17.3 Å². The van der Waals surface area contributed by atoms with E-state index in [1.807, 2.05) is 30.9 Å². The van der Waals surface area contributed by atoms with Crippen molar-refractivity contribution < 1.29 is 21.9 Å². The topological polar surface area (TPSA) is 75.3 Å². The summed E-state index contributed by atoms with van der Waals surface area (Å²) < 4.78 is 55.9. The summed E-state index contributed by atoms with van der Waals surface area (Å²) in [5, 5.41) is 7.27. The number of nitrogens with zero attached hydrogens (tertiary/aromatic N) is 2. The van der Waals surface area contributed by atoms with E-state index >= 15 is 0 Å². The van der Waals surface area contributed by atoms with Crippen molar-refractivity contribution >= 4 is 27.4 Å². The summed E-state index contributed by atoms with van der Waals surface area (Å²) in [5.74, 6) is 0.614. The average Bonchev–Trinajstić information content (AvgIpc) is 2.96. The van der Waals surface area contributed by atoms with Crippen molar-refractivity contribution in [2.75, 3.05) is 18.1 Å². The highest BCUT2D eigenvalue weighted by Crippen LogP contribution is 2.41. The summed E-state index contributed by atoms with van der Waals surface area (Å²) in [4.78, 5) is 1.81. The second kappa shape index (κ2) is 7.44. The molecule has 0 spiro atoms. The van der Waals surface area contributed by atoms with E-state index < -0.39 is 27.6 Å². The zero-order chi connectivity index (χ0) is 21.6. The smallest absolute Gasteiger partial charge is 0.272 e. The lowest BCUT2D eigenvalue weighted by Crippen LogP contribution is -2.29. The van der Waals surface area contributed by atoms with Crippen LogP contribution in [0.15, 0.2) is 23.1 Å². The Morgan fingerprint density at radius 2 is 1.97 bits per heavy atom. The number of hydrogen-bond acceptors (Lipinski definition) is 5. The number of fused-ring (bicyclic) bond motifs is 1. The van der Waals surface area contributed by atoms with Gasteiger partial charge in [-0.15, -0.1) is 0 Å². The van der Waals surface area contributed by atoms with Crippen LogP contribution in [0, 0.1) is 13.8 Å². The number of H-pyrrole nitrogens is 1. The molecular formula is C20H25F2N3O3S. The van der Waals surface area contributed by atoms with Crippen molar-refractivity contribution in [1.29, 1.82) is 0 Å². The second-order valence-corrected chi connectivity index (χ2v) is 10.7. The Morgan fingerprint density at radius 1 is 1.28 bits per heavy atom. The van der Waals surface area contributed by atoms with Crippen LogP contribution in [0.5, 0.6) is 5.75 Å². The third kappa shape index (κ3) is 3.88. The van der Waals surface area contributed by atoms with Crippen LogP contribution in [-0.2, 0) is 9.84 Å². The minimum atomic E-state index is -3.82. The Hall–Kier alpha value is -2.42. The van der Waals surface area contributed by atoms with Gasteiger partial charge in [-0.2, -0.15) is 5.10 Å². The summed E-state index contributed by atoms with van der Waals surface area (Å²) in [6, 6.07) is 3.01. The summed E-state index contributed by atoms with van der Waals surface area (Å²) in [5.41, 5.74) is 3.17. The number of alkyl halides is 2. The monoisotopic (exact) mass is 425 g/mol. The first-order chi connectivity index (χ1) is 13.4.